The van der Waals surface area contributed by atoms with Gasteiger partial charge in [0.15, 0.2) is 17.3 Å². The summed E-state index contributed by atoms with van der Waals surface area (Å²) in [6.45, 7) is 0. The lowest BCUT2D eigenvalue weighted by Crippen LogP contribution is -2.21. The van der Waals surface area contributed by atoms with Gasteiger partial charge in [0.25, 0.3) is 0 Å². The van der Waals surface area contributed by atoms with Gasteiger partial charge in [-0.3, -0.25) is 9.36 Å². The summed E-state index contributed by atoms with van der Waals surface area (Å²) < 4.78 is 96.8. The number of hydrogen-bond donors (Lipinski definition) is 1. The van der Waals surface area contributed by atoms with Gasteiger partial charge in [0.2, 0.25) is 5.82 Å². The minimum Gasteiger partial charge on any atom is -0.493 e. The first-order valence-corrected chi connectivity index (χ1v) is 10.3. The van der Waals surface area contributed by atoms with Crippen molar-refractivity contribution in [3.63, 3.8) is 0 Å². The van der Waals surface area contributed by atoms with Crippen molar-refractivity contribution >= 4 is 17.6 Å². The lowest BCUT2D eigenvalue weighted by atomic mass is 9.98. The molecule has 2 aromatic carbocycles. The second-order valence-electron chi connectivity index (χ2n) is 7.45. The van der Waals surface area contributed by atoms with Gasteiger partial charge in [-0.05, 0) is 24.3 Å². The van der Waals surface area contributed by atoms with Crippen LogP contribution < -0.4 is 9.47 Å². The zero-order valence-corrected chi connectivity index (χ0v) is 18.6. The fourth-order valence-corrected chi connectivity index (χ4v) is 4.01. The third-order valence-electron chi connectivity index (χ3n) is 5.13. The summed E-state index contributed by atoms with van der Waals surface area (Å²) in [6, 6.07) is 7.26. The number of ether oxygens (including phenoxy) is 3. The fraction of sp³-hybridized carbons (Fsp3) is 0.286. The Balaban J connectivity index is 2.03. The maximum Gasteiger partial charge on any atom is 0.573 e. The maximum absolute atomic E-state index is 13.8. The first-order valence-electron chi connectivity index (χ1n) is 9.92. The Hall–Kier alpha value is -3.52. The van der Waals surface area contributed by atoms with Gasteiger partial charge in [0.05, 0.1) is 19.2 Å². The number of aromatic nitrogens is 3. The molecule has 1 N–H and O–H groups in total. The van der Waals surface area contributed by atoms with E-state index in [9.17, 15) is 36.2 Å². The Morgan fingerprint density at radius 3 is 2.47 bits per heavy atom. The molecule has 3 aromatic rings. The van der Waals surface area contributed by atoms with E-state index in [2.05, 4.69) is 14.9 Å². The molecule has 0 saturated carbocycles. The topological polar surface area (TPSA) is 95.7 Å². The van der Waals surface area contributed by atoms with E-state index in [0.717, 1.165) is 7.11 Å². The molecule has 8 nitrogen and oxygen atoms in total. The smallest absolute Gasteiger partial charge is 0.493 e. The zero-order valence-electron chi connectivity index (χ0n) is 17.9. The SMILES string of the molecule is COc1cccc([C@@H]2O[C@@H](CC(=O)O)c3nnc(C(F)(F)F)n3-c3ccc(Cl)cc32)c1OC(F)(F)F. The number of carboxylic acids is 1. The number of fused-ring (bicyclic) bond motifs is 3. The van der Waals surface area contributed by atoms with Gasteiger partial charge < -0.3 is 19.3 Å². The van der Waals surface area contributed by atoms with E-state index in [1.54, 1.807) is 0 Å². The van der Waals surface area contributed by atoms with Gasteiger partial charge in [-0.1, -0.05) is 23.7 Å². The predicted molar refractivity (Wildman–Crippen MR) is 109 cm³/mol. The molecule has 2 heterocycles. The molecule has 0 fully saturated rings. The van der Waals surface area contributed by atoms with Crippen molar-refractivity contribution in [1.82, 2.24) is 14.8 Å². The molecule has 0 aliphatic carbocycles. The number of halogens is 7. The Morgan fingerprint density at radius 2 is 1.86 bits per heavy atom. The summed E-state index contributed by atoms with van der Waals surface area (Å²) in [5.41, 5.74) is -0.662. The Kier molecular flexibility index (Phi) is 6.51. The molecule has 192 valence electrons. The van der Waals surface area contributed by atoms with E-state index in [-0.39, 0.29) is 27.6 Å². The highest BCUT2D eigenvalue weighted by Crippen LogP contribution is 2.48. The standard InChI is InChI=1S/C21H14ClF6N3O5/c1-34-13-4-2-3-10(17(13)36-21(26,27)28)16-11-7-9(22)5-6-12(11)31-18(14(35-16)8-15(32)33)29-30-19(31)20(23,24)25/h2-7,14,16H,8H2,1H3,(H,32,33)/t14-,16-/m0/s1. The number of carbonyl (C=O) groups is 1. The summed E-state index contributed by atoms with van der Waals surface area (Å²) in [5, 5.41) is 16.1. The van der Waals surface area contributed by atoms with Crippen molar-refractivity contribution in [1.29, 1.82) is 0 Å². The number of alkyl halides is 6. The molecule has 1 aliphatic heterocycles. The summed E-state index contributed by atoms with van der Waals surface area (Å²) >= 11 is 6.09. The molecule has 15 heteroatoms. The normalized spacial score (nSPS) is 17.7. The Bertz CT molecular complexity index is 1310. The van der Waals surface area contributed by atoms with Crippen LogP contribution in [0.4, 0.5) is 26.3 Å². The van der Waals surface area contributed by atoms with Crippen LogP contribution in [0.25, 0.3) is 5.69 Å². The van der Waals surface area contributed by atoms with Gasteiger partial charge in [0, 0.05) is 16.1 Å². The van der Waals surface area contributed by atoms with Crippen LogP contribution >= 0.6 is 11.6 Å². The number of rotatable bonds is 5. The molecule has 2 atom stereocenters. The van der Waals surface area contributed by atoms with E-state index < -0.39 is 54.5 Å². The van der Waals surface area contributed by atoms with E-state index in [1.165, 1.54) is 36.4 Å². The Morgan fingerprint density at radius 1 is 1.14 bits per heavy atom. The van der Waals surface area contributed by atoms with Crippen LogP contribution in [0.5, 0.6) is 11.5 Å². The number of benzene rings is 2. The largest absolute Gasteiger partial charge is 0.573 e. The lowest BCUT2D eigenvalue weighted by molar-refractivity contribution is -0.275. The minimum atomic E-state index is -5.17. The Labute approximate surface area is 203 Å². The number of methoxy groups -OCH3 is 1. The van der Waals surface area contributed by atoms with Crippen LogP contribution in [0.3, 0.4) is 0 Å². The van der Waals surface area contributed by atoms with Crippen LogP contribution in [-0.2, 0) is 15.7 Å². The van der Waals surface area contributed by atoms with Crippen molar-refractivity contribution in [3.8, 4) is 17.2 Å². The van der Waals surface area contributed by atoms with Crippen LogP contribution in [0, 0.1) is 0 Å². The molecule has 0 spiro atoms. The number of para-hydroxylation sites is 1. The number of nitrogens with zero attached hydrogens (tertiary/aromatic N) is 3. The van der Waals surface area contributed by atoms with Crippen LogP contribution in [0.15, 0.2) is 36.4 Å². The third-order valence-corrected chi connectivity index (χ3v) is 5.37. The van der Waals surface area contributed by atoms with Gasteiger partial charge >= 0.3 is 18.5 Å². The summed E-state index contributed by atoms with van der Waals surface area (Å²) in [6.07, 6.45) is -14.3. The van der Waals surface area contributed by atoms with Crippen LogP contribution in [0.1, 0.15) is 41.4 Å². The lowest BCUT2D eigenvalue weighted by Gasteiger charge is -2.25. The number of hydrogen-bond acceptors (Lipinski definition) is 6. The predicted octanol–water partition coefficient (Wildman–Crippen LogP) is 5.48. The van der Waals surface area contributed by atoms with Crippen molar-refractivity contribution < 1.29 is 50.5 Å². The molecular weight excluding hydrogens is 524 g/mol. The highest BCUT2D eigenvalue weighted by molar-refractivity contribution is 6.30. The molecular formula is C21H14ClF6N3O5. The first-order chi connectivity index (χ1) is 16.8. The fourth-order valence-electron chi connectivity index (χ4n) is 3.83. The average Bonchev–Trinajstić information content (AvgIpc) is 3.16. The second kappa shape index (κ2) is 9.17. The van der Waals surface area contributed by atoms with Crippen LogP contribution in [0.2, 0.25) is 5.02 Å². The first kappa shape index (κ1) is 25.6. The maximum atomic E-state index is 13.8. The minimum absolute atomic E-state index is 0.0170. The van der Waals surface area contributed by atoms with E-state index in [0.29, 0.717) is 4.57 Å². The van der Waals surface area contributed by atoms with Gasteiger partial charge in [-0.2, -0.15) is 13.2 Å². The summed E-state index contributed by atoms with van der Waals surface area (Å²) in [7, 11) is 1.09. The van der Waals surface area contributed by atoms with Gasteiger partial charge in [-0.25, -0.2) is 0 Å². The highest BCUT2D eigenvalue weighted by atomic mass is 35.5. The van der Waals surface area contributed by atoms with Crippen molar-refractivity contribution in [2.75, 3.05) is 7.11 Å². The quantitative estimate of drug-likeness (QED) is 0.430. The molecule has 36 heavy (non-hydrogen) atoms. The van der Waals surface area contributed by atoms with E-state index >= 15 is 0 Å². The highest BCUT2D eigenvalue weighted by Gasteiger charge is 2.44. The molecule has 0 amide bonds. The number of carboxylic acid groups (broad SMARTS) is 1. The van der Waals surface area contributed by atoms with E-state index in [1.807, 2.05) is 0 Å². The molecule has 0 saturated heterocycles. The molecule has 1 aromatic heterocycles. The molecule has 4 rings (SSSR count). The van der Waals surface area contributed by atoms with Crippen molar-refractivity contribution in [3.05, 3.63) is 64.2 Å². The van der Waals surface area contributed by atoms with Crippen molar-refractivity contribution in [2.24, 2.45) is 0 Å². The second-order valence-corrected chi connectivity index (χ2v) is 7.88. The summed E-state index contributed by atoms with van der Waals surface area (Å²) in [4.78, 5) is 11.5. The molecule has 1 aliphatic rings. The van der Waals surface area contributed by atoms with Gasteiger partial charge in [0.1, 0.15) is 12.2 Å². The monoisotopic (exact) mass is 537 g/mol. The average molecular weight is 538 g/mol. The zero-order chi connectivity index (χ0) is 26.4. The summed E-state index contributed by atoms with van der Waals surface area (Å²) in [5.74, 6) is -4.66. The van der Waals surface area contributed by atoms with Crippen molar-refractivity contribution in [2.45, 2.75) is 31.2 Å². The molecule has 0 bridgehead atoms. The molecule has 0 radical (unpaired) electrons. The molecule has 0 unspecified atom stereocenters. The number of aliphatic carboxylic acids is 1. The third kappa shape index (κ3) is 4.91. The van der Waals surface area contributed by atoms with E-state index in [4.69, 9.17) is 21.1 Å². The van der Waals surface area contributed by atoms with Gasteiger partial charge in [-0.15, -0.1) is 23.4 Å². The van der Waals surface area contributed by atoms with Crippen LogP contribution in [-0.4, -0.2) is 39.3 Å².